The largest absolute Gasteiger partial charge is 0.493 e. The maximum Gasteiger partial charge on any atom is 0.227 e. The van der Waals surface area contributed by atoms with E-state index in [9.17, 15) is 5.11 Å². The van der Waals surface area contributed by atoms with Gasteiger partial charge in [-0.25, -0.2) is 4.68 Å². The van der Waals surface area contributed by atoms with Gasteiger partial charge in [0, 0.05) is 26.2 Å². The SMILES string of the molecule is COc1ccccc1Oc1c(CN(C[C@H]2CCCO2)C[C@@H](C)O)c(C)nn1-c1ccccc1. The fraction of sp³-hybridized carbons (Fsp3) is 0.423. The average molecular weight is 452 g/mol. The molecule has 7 nitrogen and oxygen atoms in total. The zero-order valence-electron chi connectivity index (χ0n) is 19.6. The van der Waals surface area contributed by atoms with Crippen LogP contribution < -0.4 is 9.47 Å². The Hall–Kier alpha value is -2.87. The number of rotatable bonds is 10. The maximum atomic E-state index is 10.1. The third-order valence-electron chi connectivity index (χ3n) is 5.80. The van der Waals surface area contributed by atoms with Gasteiger partial charge in [0.1, 0.15) is 0 Å². The summed E-state index contributed by atoms with van der Waals surface area (Å²) in [6.45, 7) is 6.51. The Morgan fingerprint density at radius 3 is 2.55 bits per heavy atom. The van der Waals surface area contributed by atoms with Crippen molar-refractivity contribution in [2.24, 2.45) is 0 Å². The molecule has 2 aromatic carbocycles. The number of methoxy groups -OCH3 is 1. The van der Waals surface area contributed by atoms with Gasteiger partial charge in [-0.05, 0) is 51.0 Å². The van der Waals surface area contributed by atoms with E-state index in [1.807, 2.05) is 73.1 Å². The van der Waals surface area contributed by atoms with E-state index in [-0.39, 0.29) is 6.10 Å². The summed E-state index contributed by atoms with van der Waals surface area (Å²) in [6.07, 6.45) is 1.87. The van der Waals surface area contributed by atoms with Crippen molar-refractivity contribution in [3.05, 3.63) is 65.9 Å². The lowest BCUT2D eigenvalue weighted by Crippen LogP contribution is -2.36. The lowest BCUT2D eigenvalue weighted by molar-refractivity contribution is 0.0500. The molecule has 1 aromatic heterocycles. The number of aliphatic hydroxyl groups is 1. The zero-order chi connectivity index (χ0) is 23.2. The number of aromatic nitrogens is 2. The van der Waals surface area contributed by atoms with E-state index in [0.717, 1.165) is 42.9 Å². The van der Waals surface area contributed by atoms with Crippen LogP contribution in [0.4, 0.5) is 0 Å². The molecule has 0 unspecified atom stereocenters. The van der Waals surface area contributed by atoms with Gasteiger partial charge in [-0.3, -0.25) is 4.90 Å². The Morgan fingerprint density at radius 2 is 1.88 bits per heavy atom. The van der Waals surface area contributed by atoms with Gasteiger partial charge in [-0.1, -0.05) is 30.3 Å². The lowest BCUT2D eigenvalue weighted by Gasteiger charge is -2.26. The second-order valence-electron chi connectivity index (χ2n) is 8.55. The van der Waals surface area contributed by atoms with Gasteiger partial charge in [0.05, 0.1) is 36.3 Å². The summed E-state index contributed by atoms with van der Waals surface area (Å²) < 4.78 is 19.7. The first-order valence-electron chi connectivity index (χ1n) is 11.5. The summed E-state index contributed by atoms with van der Waals surface area (Å²) in [5.41, 5.74) is 2.77. The molecule has 0 bridgehead atoms. The highest BCUT2D eigenvalue weighted by Crippen LogP contribution is 2.36. The molecular weight excluding hydrogens is 418 g/mol. The third-order valence-corrected chi connectivity index (χ3v) is 5.80. The Labute approximate surface area is 195 Å². The number of benzene rings is 2. The van der Waals surface area contributed by atoms with Crippen molar-refractivity contribution in [3.63, 3.8) is 0 Å². The molecule has 0 aliphatic carbocycles. The Balaban J connectivity index is 1.72. The van der Waals surface area contributed by atoms with Crippen molar-refractivity contribution in [1.29, 1.82) is 0 Å². The summed E-state index contributed by atoms with van der Waals surface area (Å²) in [6, 6.07) is 17.6. The highest BCUT2D eigenvalue weighted by Gasteiger charge is 2.25. The van der Waals surface area contributed by atoms with Gasteiger partial charge in [0.2, 0.25) is 5.88 Å². The van der Waals surface area contributed by atoms with Crippen LogP contribution in [-0.4, -0.2) is 58.8 Å². The number of aryl methyl sites for hydroxylation is 1. The van der Waals surface area contributed by atoms with Crippen molar-refractivity contribution in [1.82, 2.24) is 14.7 Å². The van der Waals surface area contributed by atoms with E-state index in [1.165, 1.54) is 0 Å². The van der Waals surface area contributed by atoms with Gasteiger partial charge < -0.3 is 19.3 Å². The molecule has 2 heterocycles. The van der Waals surface area contributed by atoms with E-state index >= 15 is 0 Å². The van der Waals surface area contributed by atoms with Gasteiger partial charge in [0.15, 0.2) is 11.5 Å². The fourth-order valence-corrected chi connectivity index (χ4v) is 4.25. The molecule has 1 fully saturated rings. The summed E-state index contributed by atoms with van der Waals surface area (Å²) in [4.78, 5) is 2.23. The number of hydrogen-bond acceptors (Lipinski definition) is 6. The van der Waals surface area contributed by atoms with Crippen molar-refractivity contribution in [2.45, 2.75) is 45.4 Å². The predicted octanol–water partition coefficient (Wildman–Crippen LogP) is 4.34. The van der Waals surface area contributed by atoms with E-state index < -0.39 is 6.10 Å². The summed E-state index contributed by atoms with van der Waals surface area (Å²) in [5, 5.41) is 15.0. The van der Waals surface area contributed by atoms with Crippen molar-refractivity contribution < 1.29 is 19.3 Å². The standard InChI is InChI=1S/C26H33N3O4/c1-19(30)16-28(17-22-12-9-15-32-22)18-23-20(2)27-29(21-10-5-4-6-11-21)26(23)33-25-14-8-7-13-24(25)31-3/h4-8,10-11,13-14,19,22,30H,9,12,15-18H2,1-3H3/t19-,22-/m1/s1. The zero-order valence-corrected chi connectivity index (χ0v) is 19.6. The minimum Gasteiger partial charge on any atom is -0.493 e. The summed E-state index contributed by atoms with van der Waals surface area (Å²) in [7, 11) is 1.63. The van der Waals surface area contributed by atoms with Gasteiger partial charge in [0.25, 0.3) is 0 Å². The maximum absolute atomic E-state index is 10.1. The van der Waals surface area contributed by atoms with E-state index in [2.05, 4.69) is 4.90 Å². The molecule has 0 radical (unpaired) electrons. The first-order chi connectivity index (χ1) is 16.0. The second-order valence-corrected chi connectivity index (χ2v) is 8.55. The molecule has 1 saturated heterocycles. The normalized spacial score (nSPS) is 16.8. The summed E-state index contributed by atoms with van der Waals surface area (Å²) >= 11 is 0. The minimum absolute atomic E-state index is 0.187. The molecule has 7 heteroatoms. The Kier molecular flexibility index (Phi) is 7.65. The molecule has 4 rings (SSSR count). The van der Waals surface area contributed by atoms with Crippen LogP contribution in [0.5, 0.6) is 17.4 Å². The lowest BCUT2D eigenvalue weighted by atomic mass is 10.1. The first-order valence-corrected chi connectivity index (χ1v) is 11.5. The van der Waals surface area contributed by atoms with Crippen LogP contribution in [0.15, 0.2) is 54.6 Å². The molecule has 1 N–H and O–H groups in total. The fourth-order valence-electron chi connectivity index (χ4n) is 4.25. The Bertz CT molecular complexity index is 1030. The summed E-state index contributed by atoms with van der Waals surface area (Å²) in [5.74, 6) is 1.92. The van der Waals surface area contributed by atoms with Crippen LogP contribution in [0.25, 0.3) is 5.69 Å². The first kappa shape index (κ1) is 23.3. The molecule has 3 aromatic rings. The molecule has 0 amide bonds. The quantitative estimate of drug-likeness (QED) is 0.494. The smallest absolute Gasteiger partial charge is 0.227 e. The molecule has 0 saturated carbocycles. The van der Waals surface area contributed by atoms with Crippen LogP contribution in [-0.2, 0) is 11.3 Å². The molecule has 1 aliphatic rings. The molecule has 176 valence electrons. The van der Waals surface area contributed by atoms with Crippen LogP contribution >= 0.6 is 0 Å². The number of hydrogen-bond donors (Lipinski definition) is 1. The molecular formula is C26H33N3O4. The molecule has 2 atom stereocenters. The minimum atomic E-state index is -0.450. The monoisotopic (exact) mass is 451 g/mol. The van der Waals surface area contributed by atoms with Crippen LogP contribution in [0, 0.1) is 6.92 Å². The van der Waals surface area contributed by atoms with E-state index in [0.29, 0.717) is 30.5 Å². The highest BCUT2D eigenvalue weighted by atomic mass is 16.5. The number of ether oxygens (including phenoxy) is 3. The average Bonchev–Trinajstić information content (AvgIpc) is 3.43. The van der Waals surface area contributed by atoms with Crippen molar-refractivity contribution in [2.75, 3.05) is 26.8 Å². The van der Waals surface area contributed by atoms with E-state index in [1.54, 1.807) is 7.11 Å². The van der Waals surface area contributed by atoms with Crippen molar-refractivity contribution in [3.8, 4) is 23.1 Å². The third kappa shape index (κ3) is 5.74. The Morgan fingerprint density at radius 1 is 1.15 bits per heavy atom. The second kappa shape index (κ2) is 10.8. The predicted molar refractivity (Wildman–Crippen MR) is 127 cm³/mol. The molecule has 1 aliphatic heterocycles. The highest BCUT2D eigenvalue weighted by molar-refractivity contribution is 5.47. The van der Waals surface area contributed by atoms with Gasteiger partial charge in [-0.2, -0.15) is 5.10 Å². The van der Waals surface area contributed by atoms with Crippen LogP contribution in [0.1, 0.15) is 31.0 Å². The number of para-hydroxylation sites is 3. The van der Waals surface area contributed by atoms with E-state index in [4.69, 9.17) is 19.3 Å². The van der Waals surface area contributed by atoms with Gasteiger partial charge in [-0.15, -0.1) is 0 Å². The van der Waals surface area contributed by atoms with Crippen LogP contribution in [0.2, 0.25) is 0 Å². The number of nitrogens with zero attached hydrogens (tertiary/aromatic N) is 3. The molecule has 0 spiro atoms. The molecule has 33 heavy (non-hydrogen) atoms. The van der Waals surface area contributed by atoms with Crippen LogP contribution in [0.3, 0.4) is 0 Å². The van der Waals surface area contributed by atoms with Crippen molar-refractivity contribution >= 4 is 0 Å². The topological polar surface area (TPSA) is 69.0 Å². The number of aliphatic hydroxyl groups excluding tert-OH is 1. The van der Waals surface area contributed by atoms with Gasteiger partial charge >= 0.3 is 0 Å².